The van der Waals surface area contributed by atoms with Gasteiger partial charge in [-0.1, -0.05) is 0 Å². The predicted octanol–water partition coefficient (Wildman–Crippen LogP) is 0.452. The second-order valence-corrected chi connectivity index (χ2v) is 3.98. The standard InChI is InChI=1S/C10H21NO3/c1-11(2)6-3-7-13-10-5-4-9(8-12)14-10/h9-10,12H,3-8H2,1-2H3. The lowest BCUT2D eigenvalue weighted by Crippen LogP contribution is -2.19. The van der Waals surface area contributed by atoms with Crippen molar-refractivity contribution in [1.82, 2.24) is 4.90 Å². The van der Waals surface area contributed by atoms with Crippen LogP contribution in [0.2, 0.25) is 0 Å². The minimum Gasteiger partial charge on any atom is -0.394 e. The molecule has 1 heterocycles. The zero-order valence-corrected chi connectivity index (χ0v) is 9.11. The Labute approximate surface area is 85.8 Å². The molecule has 0 aliphatic carbocycles. The van der Waals surface area contributed by atoms with Gasteiger partial charge in [-0.3, -0.25) is 0 Å². The molecular weight excluding hydrogens is 182 g/mol. The summed E-state index contributed by atoms with van der Waals surface area (Å²) in [4.78, 5) is 2.13. The van der Waals surface area contributed by atoms with E-state index in [0.717, 1.165) is 32.4 Å². The molecule has 1 fully saturated rings. The van der Waals surface area contributed by atoms with E-state index < -0.39 is 0 Å². The molecule has 1 aliphatic rings. The van der Waals surface area contributed by atoms with E-state index in [1.54, 1.807) is 0 Å². The normalized spacial score (nSPS) is 27.4. The maximum Gasteiger partial charge on any atom is 0.158 e. The molecule has 0 aromatic rings. The fraction of sp³-hybridized carbons (Fsp3) is 1.00. The van der Waals surface area contributed by atoms with Gasteiger partial charge < -0.3 is 19.5 Å². The van der Waals surface area contributed by atoms with Gasteiger partial charge in [-0.15, -0.1) is 0 Å². The van der Waals surface area contributed by atoms with Crippen LogP contribution in [0.25, 0.3) is 0 Å². The lowest BCUT2D eigenvalue weighted by molar-refractivity contribution is -0.141. The van der Waals surface area contributed by atoms with Crippen molar-refractivity contribution in [2.75, 3.05) is 33.9 Å². The Bertz CT molecular complexity index is 152. The van der Waals surface area contributed by atoms with E-state index in [1.807, 2.05) is 14.1 Å². The Morgan fingerprint density at radius 2 is 2.21 bits per heavy atom. The van der Waals surface area contributed by atoms with Gasteiger partial charge in [0.1, 0.15) is 0 Å². The molecule has 0 spiro atoms. The summed E-state index contributed by atoms with van der Waals surface area (Å²) in [6, 6.07) is 0. The monoisotopic (exact) mass is 203 g/mol. The third-order valence-corrected chi connectivity index (χ3v) is 2.33. The van der Waals surface area contributed by atoms with Crippen molar-refractivity contribution in [1.29, 1.82) is 0 Å². The van der Waals surface area contributed by atoms with E-state index in [-0.39, 0.29) is 19.0 Å². The van der Waals surface area contributed by atoms with Crippen LogP contribution in [-0.4, -0.2) is 56.3 Å². The van der Waals surface area contributed by atoms with Crippen molar-refractivity contribution in [2.45, 2.75) is 31.7 Å². The van der Waals surface area contributed by atoms with Crippen LogP contribution < -0.4 is 0 Å². The highest BCUT2D eigenvalue weighted by Gasteiger charge is 2.24. The molecule has 4 heteroatoms. The number of hydrogen-bond donors (Lipinski definition) is 1. The van der Waals surface area contributed by atoms with Crippen LogP contribution in [0.1, 0.15) is 19.3 Å². The van der Waals surface area contributed by atoms with Gasteiger partial charge in [-0.25, -0.2) is 0 Å². The van der Waals surface area contributed by atoms with Crippen LogP contribution in [0.15, 0.2) is 0 Å². The van der Waals surface area contributed by atoms with Crippen molar-refractivity contribution >= 4 is 0 Å². The molecule has 2 atom stereocenters. The Morgan fingerprint density at radius 3 is 2.79 bits per heavy atom. The lowest BCUT2D eigenvalue weighted by atomic mass is 10.2. The van der Waals surface area contributed by atoms with Crippen molar-refractivity contribution in [3.05, 3.63) is 0 Å². The van der Waals surface area contributed by atoms with Crippen molar-refractivity contribution in [2.24, 2.45) is 0 Å². The van der Waals surface area contributed by atoms with E-state index in [2.05, 4.69) is 4.90 Å². The van der Waals surface area contributed by atoms with Gasteiger partial charge in [0.15, 0.2) is 6.29 Å². The minimum absolute atomic E-state index is 0.00570. The maximum absolute atomic E-state index is 8.84. The molecule has 0 saturated carbocycles. The zero-order valence-electron chi connectivity index (χ0n) is 9.11. The third-order valence-electron chi connectivity index (χ3n) is 2.33. The van der Waals surface area contributed by atoms with Crippen LogP contribution in [0.3, 0.4) is 0 Å². The van der Waals surface area contributed by atoms with Crippen LogP contribution >= 0.6 is 0 Å². The van der Waals surface area contributed by atoms with E-state index in [9.17, 15) is 0 Å². The predicted molar refractivity (Wildman–Crippen MR) is 54.1 cm³/mol. The first kappa shape index (κ1) is 11.9. The Balaban J connectivity index is 1.97. The molecule has 84 valence electrons. The second kappa shape index (κ2) is 6.35. The zero-order chi connectivity index (χ0) is 10.4. The molecule has 0 amide bonds. The van der Waals surface area contributed by atoms with Gasteiger partial charge in [0, 0.05) is 6.42 Å². The molecule has 4 nitrogen and oxygen atoms in total. The highest BCUT2D eigenvalue weighted by atomic mass is 16.7. The van der Waals surface area contributed by atoms with Crippen LogP contribution in [0, 0.1) is 0 Å². The highest BCUT2D eigenvalue weighted by molar-refractivity contribution is 4.66. The molecule has 2 unspecified atom stereocenters. The summed E-state index contributed by atoms with van der Waals surface area (Å²) in [6.07, 6.45) is 2.75. The summed E-state index contributed by atoms with van der Waals surface area (Å²) >= 11 is 0. The van der Waals surface area contributed by atoms with Gasteiger partial charge in [-0.05, 0) is 33.5 Å². The molecule has 1 N–H and O–H groups in total. The van der Waals surface area contributed by atoms with E-state index in [0.29, 0.717) is 0 Å². The fourth-order valence-corrected chi connectivity index (χ4v) is 1.53. The number of rotatable bonds is 6. The average molecular weight is 203 g/mol. The largest absolute Gasteiger partial charge is 0.394 e. The highest BCUT2D eigenvalue weighted by Crippen LogP contribution is 2.19. The fourth-order valence-electron chi connectivity index (χ4n) is 1.53. The summed E-state index contributed by atoms with van der Waals surface area (Å²) < 4.78 is 11.0. The van der Waals surface area contributed by atoms with Crippen LogP contribution in [0.5, 0.6) is 0 Å². The number of aliphatic hydroxyl groups is 1. The summed E-state index contributed by atoms with van der Waals surface area (Å²) in [5.74, 6) is 0. The van der Waals surface area contributed by atoms with Gasteiger partial charge in [-0.2, -0.15) is 0 Å². The molecule has 14 heavy (non-hydrogen) atoms. The lowest BCUT2D eigenvalue weighted by Gasteiger charge is -2.14. The Morgan fingerprint density at radius 1 is 1.43 bits per heavy atom. The smallest absolute Gasteiger partial charge is 0.158 e. The van der Waals surface area contributed by atoms with Crippen molar-refractivity contribution in [3.63, 3.8) is 0 Å². The first-order chi connectivity index (χ1) is 6.72. The van der Waals surface area contributed by atoms with Crippen LogP contribution in [-0.2, 0) is 9.47 Å². The van der Waals surface area contributed by atoms with Gasteiger partial charge in [0.05, 0.1) is 19.3 Å². The molecular formula is C10H21NO3. The molecule has 1 aliphatic heterocycles. The molecule has 0 aromatic carbocycles. The average Bonchev–Trinajstić information content (AvgIpc) is 2.60. The number of nitrogens with zero attached hydrogens (tertiary/aromatic N) is 1. The van der Waals surface area contributed by atoms with Gasteiger partial charge in [0.25, 0.3) is 0 Å². The van der Waals surface area contributed by atoms with Gasteiger partial charge in [0.2, 0.25) is 0 Å². The van der Waals surface area contributed by atoms with Crippen molar-refractivity contribution in [3.8, 4) is 0 Å². The summed E-state index contributed by atoms with van der Waals surface area (Å²) in [5, 5.41) is 8.84. The summed E-state index contributed by atoms with van der Waals surface area (Å²) in [5.41, 5.74) is 0. The van der Waals surface area contributed by atoms with E-state index >= 15 is 0 Å². The number of ether oxygens (including phenoxy) is 2. The van der Waals surface area contributed by atoms with Gasteiger partial charge >= 0.3 is 0 Å². The topological polar surface area (TPSA) is 41.9 Å². The molecule has 1 rings (SSSR count). The Hall–Kier alpha value is -0.160. The molecule has 0 bridgehead atoms. The third kappa shape index (κ3) is 4.37. The summed E-state index contributed by atoms with van der Waals surface area (Å²) in [6.45, 7) is 1.88. The van der Waals surface area contributed by atoms with Crippen molar-refractivity contribution < 1.29 is 14.6 Å². The summed E-state index contributed by atoms with van der Waals surface area (Å²) in [7, 11) is 4.10. The molecule has 0 aromatic heterocycles. The molecule has 0 radical (unpaired) electrons. The first-order valence-corrected chi connectivity index (χ1v) is 5.25. The second-order valence-electron chi connectivity index (χ2n) is 3.98. The quantitative estimate of drug-likeness (QED) is 0.637. The molecule has 1 saturated heterocycles. The SMILES string of the molecule is CN(C)CCCOC1CCC(CO)O1. The maximum atomic E-state index is 8.84. The van der Waals surface area contributed by atoms with Crippen LogP contribution in [0.4, 0.5) is 0 Å². The number of hydrogen-bond acceptors (Lipinski definition) is 4. The minimum atomic E-state index is -0.0886. The Kier molecular flexibility index (Phi) is 5.40. The van der Waals surface area contributed by atoms with E-state index in [4.69, 9.17) is 14.6 Å². The van der Waals surface area contributed by atoms with E-state index in [1.165, 1.54) is 0 Å². The number of aliphatic hydroxyl groups excluding tert-OH is 1. The first-order valence-electron chi connectivity index (χ1n) is 5.25.